The molecule has 18 heavy (non-hydrogen) atoms. The predicted octanol–water partition coefficient (Wildman–Crippen LogP) is 0.382. The highest BCUT2D eigenvalue weighted by atomic mass is 32.2. The first-order valence-corrected chi connectivity index (χ1v) is 6.70. The monoisotopic (exact) mass is 270 g/mol. The molecule has 0 saturated carbocycles. The van der Waals surface area contributed by atoms with E-state index in [0.717, 1.165) is 5.76 Å². The first kappa shape index (κ1) is 12.7. The van der Waals surface area contributed by atoms with Crippen LogP contribution in [0.3, 0.4) is 0 Å². The molecule has 0 saturated heterocycles. The molecule has 0 unspecified atom stereocenters. The first-order chi connectivity index (χ1) is 8.40. The van der Waals surface area contributed by atoms with Crippen LogP contribution in [0.4, 0.5) is 5.82 Å². The zero-order chi connectivity index (χ0) is 13.3. The molecule has 0 radical (unpaired) electrons. The molecule has 0 spiro atoms. The van der Waals surface area contributed by atoms with Gasteiger partial charge in [-0.15, -0.1) is 0 Å². The summed E-state index contributed by atoms with van der Waals surface area (Å²) in [5.41, 5.74) is 5.53. The van der Waals surface area contributed by atoms with Crippen LogP contribution in [0.15, 0.2) is 27.9 Å². The number of anilines is 1. The molecule has 0 aromatic carbocycles. The average Bonchev–Trinajstić information content (AvgIpc) is 2.83. The van der Waals surface area contributed by atoms with Gasteiger partial charge in [0.1, 0.15) is 11.5 Å². The average molecular weight is 270 g/mol. The number of nitrogens with zero attached hydrogens (tertiary/aromatic N) is 2. The number of imidazole rings is 1. The van der Waals surface area contributed by atoms with Crippen molar-refractivity contribution in [3.05, 3.63) is 30.0 Å². The van der Waals surface area contributed by atoms with Crippen molar-refractivity contribution < 1.29 is 12.8 Å². The molecule has 3 N–H and O–H groups in total. The summed E-state index contributed by atoms with van der Waals surface area (Å²) < 4.78 is 33.1. The van der Waals surface area contributed by atoms with E-state index in [9.17, 15) is 8.42 Å². The second-order valence-corrected chi connectivity index (χ2v) is 5.57. The predicted molar refractivity (Wildman–Crippen MR) is 65.1 cm³/mol. The van der Waals surface area contributed by atoms with E-state index in [0.29, 0.717) is 5.76 Å². The number of nitrogen functional groups attached to an aromatic ring is 1. The van der Waals surface area contributed by atoms with E-state index in [2.05, 4.69) is 9.71 Å². The van der Waals surface area contributed by atoms with Crippen molar-refractivity contribution in [2.75, 3.05) is 5.73 Å². The summed E-state index contributed by atoms with van der Waals surface area (Å²) in [5.74, 6) is 1.24. The molecule has 0 atom stereocenters. The Bertz CT molecular complexity index is 637. The molecular formula is C10H14N4O3S. The van der Waals surface area contributed by atoms with Gasteiger partial charge in [0.2, 0.25) is 0 Å². The Morgan fingerprint density at radius 2 is 2.22 bits per heavy atom. The number of hydrogen-bond donors (Lipinski definition) is 2. The number of sulfonamides is 1. The Morgan fingerprint density at radius 3 is 2.72 bits per heavy atom. The number of rotatable bonds is 4. The quantitative estimate of drug-likeness (QED) is 0.836. The molecule has 2 rings (SSSR count). The highest BCUT2D eigenvalue weighted by Gasteiger charge is 2.22. The van der Waals surface area contributed by atoms with Gasteiger partial charge in [-0.1, -0.05) is 0 Å². The highest BCUT2D eigenvalue weighted by molar-refractivity contribution is 7.89. The Balaban J connectivity index is 2.18. The SMILES string of the molecule is Cc1ccc(CNS(=O)(=O)c2c(N)ncn2C)o1. The fraction of sp³-hybridized carbons (Fsp3) is 0.300. The minimum absolute atomic E-state index is 0.0272. The van der Waals surface area contributed by atoms with Crippen molar-refractivity contribution in [1.82, 2.24) is 14.3 Å². The van der Waals surface area contributed by atoms with Crippen molar-refractivity contribution in [3.63, 3.8) is 0 Å². The number of aromatic nitrogens is 2. The Morgan fingerprint density at radius 1 is 1.50 bits per heavy atom. The van der Waals surface area contributed by atoms with E-state index < -0.39 is 10.0 Å². The molecule has 0 aliphatic carbocycles. The van der Waals surface area contributed by atoms with E-state index in [1.807, 2.05) is 0 Å². The molecule has 0 fully saturated rings. The third-order valence-electron chi connectivity index (χ3n) is 2.40. The van der Waals surface area contributed by atoms with Gasteiger partial charge < -0.3 is 14.7 Å². The van der Waals surface area contributed by atoms with E-state index >= 15 is 0 Å². The van der Waals surface area contributed by atoms with Gasteiger partial charge in [0.15, 0.2) is 10.8 Å². The topological polar surface area (TPSA) is 103 Å². The molecule has 2 aromatic rings. The van der Waals surface area contributed by atoms with E-state index in [4.69, 9.17) is 10.2 Å². The van der Waals surface area contributed by atoms with Crippen molar-refractivity contribution in [2.45, 2.75) is 18.5 Å². The fourth-order valence-electron chi connectivity index (χ4n) is 1.58. The maximum Gasteiger partial charge on any atom is 0.260 e. The van der Waals surface area contributed by atoms with Crippen molar-refractivity contribution >= 4 is 15.8 Å². The van der Waals surface area contributed by atoms with Crippen LogP contribution >= 0.6 is 0 Å². The van der Waals surface area contributed by atoms with Gasteiger partial charge in [0.05, 0.1) is 12.9 Å². The van der Waals surface area contributed by atoms with Gasteiger partial charge in [-0.3, -0.25) is 0 Å². The largest absolute Gasteiger partial charge is 0.465 e. The lowest BCUT2D eigenvalue weighted by molar-refractivity contribution is 0.474. The fourth-order valence-corrected chi connectivity index (χ4v) is 2.80. The smallest absolute Gasteiger partial charge is 0.260 e. The van der Waals surface area contributed by atoms with Crippen LogP contribution in [0.5, 0.6) is 0 Å². The third kappa shape index (κ3) is 2.39. The zero-order valence-corrected chi connectivity index (χ0v) is 10.9. The van der Waals surface area contributed by atoms with E-state index in [-0.39, 0.29) is 17.4 Å². The van der Waals surface area contributed by atoms with Crippen LogP contribution in [0.25, 0.3) is 0 Å². The van der Waals surface area contributed by atoms with Crippen LogP contribution in [0.2, 0.25) is 0 Å². The Kier molecular flexibility index (Phi) is 3.14. The molecular weight excluding hydrogens is 256 g/mol. The van der Waals surface area contributed by atoms with Crippen molar-refractivity contribution in [2.24, 2.45) is 7.05 Å². The summed E-state index contributed by atoms with van der Waals surface area (Å²) in [5, 5.41) is -0.0502. The lowest BCUT2D eigenvalue weighted by Gasteiger charge is -2.06. The Labute approximate surface area is 105 Å². The van der Waals surface area contributed by atoms with Gasteiger partial charge >= 0.3 is 0 Å². The molecule has 0 aliphatic heterocycles. The minimum Gasteiger partial charge on any atom is -0.465 e. The number of furan rings is 1. The van der Waals surface area contributed by atoms with Gasteiger partial charge in [-0.05, 0) is 19.1 Å². The molecule has 0 bridgehead atoms. The minimum atomic E-state index is -3.70. The molecule has 98 valence electrons. The van der Waals surface area contributed by atoms with Gasteiger partial charge in [-0.2, -0.15) is 0 Å². The molecule has 0 aliphatic rings. The first-order valence-electron chi connectivity index (χ1n) is 5.22. The number of aryl methyl sites for hydroxylation is 2. The summed E-state index contributed by atoms with van der Waals surface area (Å²) in [7, 11) is -2.14. The van der Waals surface area contributed by atoms with E-state index in [1.54, 1.807) is 26.1 Å². The van der Waals surface area contributed by atoms with Crippen LogP contribution in [0.1, 0.15) is 11.5 Å². The normalized spacial score (nSPS) is 11.9. The van der Waals surface area contributed by atoms with Crippen molar-refractivity contribution in [3.8, 4) is 0 Å². The number of nitrogens with one attached hydrogen (secondary N) is 1. The lowest BCUT2D eigenvalue weighted by Crippen LogP contribution is -2.25. The van der Waals surface area contributed by atoms with Crippen LogP contribution in [-0.2, 0) is 23.6 Å². The summed E-state index contributed by atoms with van der Waals surface area (Å²) in [4.78, 5) is 3.74. The van der Waals surface area contributed by atoms with E-state index in [1.165, 1.54) is 10.9 Å². The second-order valence-electron chi connectivity index (χ2n) is 3.88. The van der Waals surface area contributed by atoms with Crippen LogP contribution < -0.4 is 10.5 Å². The van der Waals surface area contributed by atoms with Gasteiger partial charge in [-0.25, -0.2) is 18.1 Å². The summed E-state index contributed by atoms with van der Waals surface area (Å²) in [6, 6.07) is 3.48. The zero-order valence-electron chi connectivity index (χ0n) is 10.0. The van der Waals surface area contributed by atoms with Crippen LogP contribution in [0, 0.1) is 6.92 Å². The summed E-state index contributed by atoms with van der Waals surface area (Å²) in [6.45, 7) is 1.86. The highest BCUT2D eigenvalue weighted by Crippen LogP contribution is 2.15. The maximum atomic E-state index is 12.0. The molecule has 2 heterocycles. The molecule has 2 aromatic heterocycles. The van der Waals surface area contributed by atoms with Crippen LogP contribution in [-0.4, -0.2) is 18.0 Å². The standard InChI is InChI=1S/C10H14N4O3S/c1-7-3-4-8(17-7)5-13-18(15,16)10-9(11)12-6-14(10)2/h3-4,6,13H,5,11H2,1-2H3. The number of hydrogen-bond acceptors (Lipinski definition) is 5. The molecule has 0 amide bonds. The second kappa shape index (κ2) is 4.46. The van der Waals surface area contributed by atoms with Gasteiger partial charge in [0.25, 0.3) is 10.0 Å². The lowest BCUT2D eigenvalue weighted by atomic mass is 10.4. The summed E-state index contributed by atoms with van der Waals surface area (Å²) in [6.07, 6.45) is 1.35. The molecule has 7 nitrogen and oxygen atoms in total. The van der Waals surface area contributed by atoms with Crippen molar-refractivity contribution in [1.29, 1.82) is 0 Å². The van der Waals surface area contributed by atoms with Gasteiger partial charge in [0, 0.05) is 7.05 Å². The molecule has 8 heteroatoms. The maximum absolute atomic E-state index is 12.0. The third-order valence-corrected chi connectivity index (χ3v) is 3.93. The number of nitrogens with two attached hydrogens (primary N) is 1. The Hall–Kier alpha value is -1.80. The summed E-state index contributed by atoms with van der Waals surface area (Å²) >= 11 is 0.